The maximum atomic E-state index is 11.1. The van der Waals surface area contributed by atoms with Crippen molar-refractivity contribution < 1.29 is 14.3 Å². The van der Waals surface area contributed by atoms with Gasteiger partial charge in [-0.15, -0.1) is 0 Å². The van der Waals surface area contributed by atoms with Gasteiger partial charge in [0.1, 0.15) is 12.0 Å². The molecule has 0 saturated carbocycles. The summed E-state index contributed by atoms with van der Waals surface area (Å²) in [5.74, 6) is 1.02. The van der Waals surface area contributed by atoms with E-state index in [1.54, 1.807) is 12.3 Å². The van der Waals surface area contributed by atoms with Crippen LogP contribution in [0.2, 0.25) is 0 Å². The number of rotatable bonds is 7. The van der Waals surface area contributed by atoms with E-state index < -0.39 is 0 Å². The lowest BCUT2D eigenvalue weighted by molar-refractivity contribution is -0.119. The minimum atomic E-state index is -0.110. The Kier molecular flexibility index (Phi) is 5.65. The van der Waals surface area contributed by atoms with E-state index in [2.05, 4.69) is 10.3 Å². The first-order valence-corrected chi connectivity index (χ1v) is 7.08. The number of pyridine rings is 1. The molecule has 0 aliphatic heterocycles. The number of aromatic nitrogens is 1. The summed E-state index contributed by atoms with van der Waals surface area (Å²) in [6.45, 7) is 1.82. The summed E-state index contributed by atoms with van der Waals surface area (Å²) < 4.78 is 5.89. The van der Waals surface area contributed by atoms with Crippen LogP contribution in [-0.4, -0.2) is 17.2 Å². The van der Waals surface area contributed by atoms with E-state index in [4.69, 9.17) is 4.74 Å². The molecule has 0 aliphatic rings. The normalized spacial score (nSPS) is 10.0. The van der Waals surface area contributed by atoms with Gasteiger partial charge in [0.2, 0.25) is 11.8 Å². The predicted octanol–water partition coefficient (Wildman–Crippen LogP) is 2.64. The molecule has 0 radical (unpaired) electrons. The number of carbonyl (C=O) groups is 2. The SMILES string of the molecule is CC(=O)NCc1cccnc1Oc1ccccc1CCC=O. The van der Waals surface area contributed by atoms with Crippen LogP contribution in [0.5, 0.6) is 11.6 Å². The molecule has 22 heavy (non-hydrogen) atoms. The van der Waals surface area contributed by atoms with Gasteiger partial charge in [0.25, 0.3) is 0 Å². The van der Waals surface area contributed by atoms with Crippen molar-refractivity contribution in [3.8, 4) is 11.6 Å². The van der Waals surface area contributed by atoms with Gasteiger partial charge in [0, 0.05) is 31.6 Å². The Morgan fingerprint density at radius 2 is 2.00 bits per heavy atom. The van der Waals surface area contributed by atoms with Crippen LogP contribution in [0, 0.1) is 0 Å². The average molecular weight is 298 g/mol. The zero-order valence-electron chi connectivity index (χ0n) is 12.4. The summed E-state index contributed by atoms with van der Waals surface area (Å²) >= 11 is 0. The second kappa shape index (κ2) is 7.93. The van der Waals surface area contributed by atoms with Crippen LogP contribution in [0.15, 0.2) is 42.6 Å². The maximum Gasteiger partial charge on any atom is 0.224 e. The summed E-state index contributed by atoms with van der Waals surface area (Å²) in [4.78, 5) is 25.8. The fourth-order valence-electron chi connectivity index (χ4n) is 2.00. The Labute approximate surface area is 129 Å². The molecule has 0 atom stereocenters. The van der Waals surface area contributed by atoms with Gasteiger partial charge in [-0.05, 0) is 24.1 Å². The van der Waals surface area contributed by atoms with Crippen LogP contribution in [0.3, 0.4) is 0 Å². The third-order valence-electron chi connectivity index (χ3n) is 3.09. The van der Waals surface area contributed by atoms with Crippen LogP contribution >= 0.6 is 0 Å². The number of benzene rings is 1. The maximum absolute atomic E-state index is 11.1. The molecule has 0 spiro atoms. The molecule has 2 aromatic rings. The van der Waals surface area contributed by atoms with Crippen molar-refractivity contribution in [1.82, 2.24) is 10.3 Å². The van der Waals surface area contributed by atoms with Crippen molar-refractivity contribution >= 4 is 12.2 Å². The first-order chi connectivity index (χ1) is 10.7. The molecule has 5 heteroatoms. The predicted molar refractivity (Wildman–Crippen MR) is 82.7 cm³/mol. The Balaban J connectivity index is 2.20. The number of amides is 1. The Morgan fingerprint density at radius 1 is 1.23 bits per heavy atom. The molecule has 114 valence electrons. The second-order valence-electron chi connectivity index (χ2n) is 4.79. The van der Waals surface area contributed by atoms with Gasteiger partial charge in [-0.25, -0.2) is 4.98 Å². The number of aldehydes is 1. The molecule has 1 aromatic carbocycles. The Bertz CT molecular complexity index is 656. The van der Waals surface area contributed by atoms with Gasteiger partial charge in [0.15, 0.2) is 0 Å². The molecular formula is C17H18N2O3. The zero-order chi connectivity index (χ0) is 15.8. The summed E-state index contributed by atoms with van der Waals surface area (Å²) in [5.41, 5.74) is 1.74. The van der Waals surface area contributed by atoms with Gasteiger partial charge in [-0.1, -0.05) is 24.3 Å². The molecular weight excluding hydrogens is 280 g/mol. The van der Waals surface area contributed by atoms with Crippen molar-refractivity contribution in [2.75, 3.05) is 0 Å². The third-order valence-corrected chi connectivity index (χ3v) is 3.09. The largest absolute Gasteiger partial charge is 0.438 e. The van der Waals surface area contributed by atoms with E-state index >= 15 is 0 Å². The monoisotopic (exact) mass is 298 g/mol. The van der Waals surface area contributed by atoms with E-state index in [0.29, 0.717) is 31.0 Å². The summed E-state index contributed by atoms with van der Waals surface area (Å²) in [6.07, 6.45) is 3.59. The van der Waals surface area contributed by atoms with E-state index in [1.165, 1.54) is 6.92 Å². The lowest BCUT2D eigenvalue weighted by Crippen LogP contribution is -2.19. The highest BCUT2D eigenvalue weighted by Gasteiger charge is 2.09. The van der Waals surface area contributed by atoms with Crippen LogP contribution in [0.1, 0.15) is 24.5 Å². The number of carbonyl (C=O) groups excluding carboxylic acids is 2. The van der Waals surface area contributed by atoms with Gasteiger partial charge in [0.05, 0.1) is 0 Å². The highest BCUT2D eigenvalue weighted by atomic mass is 16.5. The van der Waals surface area contributed by atoms with Crippen molar-refractivity contribution in [1.29, 1.82) is 0 Å². The summed E-state index contributed by atoms with van der Waals surface area (Å²) in [6, 6.07) is 11.2. The molecule has 0 aliphatic carbocycles. The van der Waals surface area contributed by atoms with Crippen molar-refractivity contribution in [2.45, 2.75) is 26.3 Å². The molecule has 5 nitrogen and oxygen atoms in total. The van der Waals surface area contributed by atoms with Crippen molar-refractivity contribution in [2.24, 2.45) is 0 Å². The molecule has 0 fully saturated rings. The summed E-state index contributed by atoms with van der Waals surface area (Å²) in [5, 5.41) is 2.73. The fourth-order valence-corrected chi connectivity index (χ4v) is 2.00. The standard InChI is InChI=1S/C17H18N2O3/c1-13(21)19-12-15-7-4-10-18-17(15)22-16-9-3-2-6-14(16)8-5-11-20/h2-4,6-7,9-11H,5,8,12H2,1H3,(H,19,21). The second-order valence-corrected chi connectivity index (χ2v) is 4.79. The highest BCUT2D eigenvalue weighted by molar-refractivity contribution is 5.72. The number of para-hydroxylation sites is 1. The van der Waals surface area contributed by atoms with E-state index in [0.717, 1.165) is 17.4 Å². The van der Waals surface area contributed by atoms with Crippen LogP contribution in [-0.2, 0) is 22.6 Å². The number of aryl methyl sites for hydroxylation is 1. The quantitative estimate of drug-likeness (QED) is 0.798. The summed E-state index contributed by atoms with van der Waals surface area (Å²) in [7, 11) is 0. The Hall–Kier alpha value is -2.69. The lowest BCUT2D eigenvalue weighted by Gasteiger charge is -2.13. The number of hydrogen-bond donors (Lipinski definition) is 1. The fraction of sp³-hybridized carbons (Fsp3) is 0.235. The molecule has 2 rings (SSSR count). The molecule has 1 heterocycles. The van der Waals surface area contributed by atoms with Gasteiger partial charge in [-0.3, -0.25) is 4.79 Å². The first-order valence-electron chi connectivity index (χ1n) is 7.08. The molecule has 0 saturated heterocycles. The molecule has 1 N–H and O–H groups in total. The van der Waals surface area contributed by atoms with Crippen LogP contribution in [0.25, 0.3) is 0 Å². The van der Waals surface area contributed by atoms with E-state index in [9.17, 15) is 9.59 Å². The minimum Gasteiger partial charge on any atom is -0.438 e. The number of nitrogens with zero attached hydrogens (tertiary/aromatic N) is 1. The highest BCUT2D eigenvalue weighted by Crippen LogP contribution is 2.27. The Morgan fingerprint density at radius 3 is 2.77 bits per heavy atom. The molecule has 1 aromatic heterocycles. The topological polar surface area (TPSA) is 68.3 Å². The van der Waals surface area contributed by atoms with Gasteiger partial charge >= 0.3 is 0 Å². The van der Waals surface area contributed by atoms with Crippen molar-refractivity contribution in [3.05, 3.63) is 53.7 Å². The smallest absolute Gasteiger partial charge is 0.224 e. The third kappa shape index (κ3) is 4.41. The molecule has 0 unspecified atom stereocenters. The van der Waals surface area contributed by atoms with E-state index in [1.807, 2.05) is 30.3 Å². The molecule has 0 bridgehead atoms. The van der Waals surface area contributed by atoms with Crippen LogP contribution < -0.4 is 10.1 Å². The van der Waals surface area contributed by atoms with Crippen LogP contribution in [0.4, 0.5) is 0 Å². The van der Waals surface area contributed by atoms with Gasteiger partial charge < -0.3 is 14.8 Å². The first kappa shape index (κ1) is 15.7. The van der Waals surface area contributed by atoms with Gasteiger partial charge in [-0.2, -0.15) is 0 Å². The van der Waals surface area contributed by atoms with Crippen molar-refractivity contribution in [3.63, 3.8) is 0 Å². The number of nitrogens with one attached hydrogen (secondary N) is 1. The number of hydrogen-bond acceptors (Lipinski definition) is 4. The zero-order valence-corrected chi connectivity index (χ0v) is 12.4. The number of ether oxygens (including phenoxy) is 1. The average Bonchev–Trinajstić information content (AvgIpc) is 2.53. The van der Waals surface area contributed by atoms with E-state index in [-0.39, 0.29) is 5.91 Å². The molecule has 1 amide bonds. The minimum absolute atomic E-state index is 0.110. The lowest BCUT2D eigenvalue weighted by atomic mass is 10.1.